The second-order valence-electron chi connectivity index (χ2n) is 5.84. The Morgan fingerprint density at radius 3 is 2.50 bits per heavy atom. The van der Waals surface area contributed by atoms with Crippen LogP contribution in [-0.4, -0.2) is 37.6 Å². The van der Waals surface area contributed by atoms with Gasteiger partial charge in [-0.05, 0) is 29.8 Å². The van der Waals surface area contributed by atoms with Crippen molar-refractivity contribution in [3.63, 3.8) is 0 Å². The Hall–Kier alpha value is -1.38. The molecule has 0 atom stereocenters. The smallest absolute Gasteiger partial charge is 0.0104 e. The van der Waals surface area contributed by atoms with E-state index in [9.17, 15) is 0 Å². The Labute approximate surface area is 122 Å². The maximum absolute atomic E-state index is 3.46. The van der Waals surface area contributed by atoms with Crippen LogP contribution in [0.1, 0.15) is 19.4 Å². The molecule has 0 fully saturated rings. The van der Waals surface area contributed by atoms with Gasteiger partial charge in [0.25, 0.3) is 0 Å². The summed E-state index contributed by atoms with van der Waals surface area (Å²) in [4.78, 5) is 2.39. The highest BCUT2D eigenvalue weighted by Gasteiger charge is 2.01. The van der Waals surface area contributed by atoms with Crippen molar-refractivity contribution in [2.24, 2.45) is 0 Å². The summed E-state index contributed by atoms with van der Waals surface area (Å²) in [6.45, 7) is 7.65. The molecular weight excluding hydrogens is 244 g/mol. The first-order valence-electron chi connectivity index (χ1n) is 7.55. The van der Waals surface area contributed by atoms with Crippen molar-refractivity contribution < 1.29 is 0 Å². The lowest BCUT2D eigenvalue weighted by molar-refractivity contribution is 0.331. The van der Waals surface area contributed by atoms with Crippen molar-refractivity contribution >= 4 is 10.8 Å². The van der Waals surface area contributed by atoms with E-state index in [1.165, 1.54) is 16.3 Å². The van der Waals surface area contributed by atoms with Crippen LogP contribution >= 0.6 is 0 Å². The molecule has 0 amide bonds. The number of nitrogens with one attached hydrogen (secondary N) is 1. The lowest BCUT2D eigenvalue weighted by atomic mass is 10.1. The number of hydrogen-bond donors (Lipinski definition) is 1. The van der Waals surface area contributed by atoms with Crippen LogP contribution in [0.3, 0.4) is 0 Å². The van der Waals surface area contributed by atoms with Gasteiger partial charge in [-0.3, -0.25) is 0 Å². The van der Waals surface area contributed by atoms with Crippen molar-refractivity contribution in [3.8, 4) is 0 Å². The zero-order chi connectivity index (χ0) is 14.4. The van der Waals surface area contributed by atoms with Crippen molar-refractivity contribution in [2.75, 3.05) is 26.7 Å². The Morgan fingerprint density at radius 1 is 1.00 bits per heavy atom. The predicted octanol–water partition coefficient (Wildman–Crippen LogP) is 3.31. The lowest BCUT2D eigenvalue weighted by Gasteiger charge is -2.18. The first-order valence-corrected chi connectivity index (χ1v) is 7.55. The summed E-state index contributed by atoms with van der Waals surface area (Å²) in [5.74, 6) is 0. The van der Waals surface area contributed by atoms with E-state index in [2.05, 4.69) is 73.6 Å². The van der Waals surface area contributed by atoms with Crippen LogP contribution < -0.4 is 5.32 Å². The first-order chi connectivity index (χ1) is 9.65. The average Bonchev–Trinajstić information content (AvgIpc) is 2.44. The van der Waals surface area contributed by atoms with Crippen LogP contribution in [0.2, 0.25) is 0 Å². The second-order valence-corrected chi connectivity index (χ2v) is 5.84. The SMILES string of the molecule is CC(C)NCCN(C)CCc1ccc2ccccc2c1. The molecule has 2 heteroatoms. The van der Waals surface area contributed by atoms with Gasteiger partial charge in [-0.25, -0.2) is 0 Å². The van der Waals surface area contributed by atoms with Gasteiger partial charge >= 0.3 is 0 Å². The van der Waals surface area contributed by atoms with E-state index in [4.69, 9.17) is 0 Å². The Bertz CT molecular complexity index is 534. The van der Waals surface area contributed by atoms with Gasteiger partial charge in [0.15, 0.2) is 0 Å². The zero-order valence-corrected chi connectivity index (χ0v) is 12.9. The first kappa shape index (κ1) is 15.0. The molecule has 2 aromatic carbocycles. The van der Waals surface area contributed by atoms with Gasteiger partial charge in [0.05, 0.1) is 0 Å². The van der Waals surface area contributed by atoms with Gasteiger partial charge in [0.1, 0.15) is 0 Å². The van der Waals surface area contributed by atoms with Gasteiger partial charge in [-0.2, -0.15) is 0 Å². The van der Waals surface area contributed by atoms with Crippen LogP contribution in [0.15, 0.2) is 42.5 Å². The molecule has 0 bridgehead atoms. The molecule has 0 saturated carbocycles. The highest BCUT2D eigenvalue weighted by Crippen LogP contribution is 2.15. The van der Waals surface area contributed by atoms with Crippen LogP contribution in [0.25, 0.3) is 10.8 Å². The standard InChI is InChI=1S/C18H26N2/c1-15(2)19-11-13-20(3)12-10-16-8-9-17-6-4-5-7-18(17)14-16/h4-9,14-15,19H,10-13H2,1-3H3. The summed E-state index contributed by atoms with van der Waals surface area (Å²) >= 11 is 0. The quantitative estimate of drug-likeness (QED) is 0.830. The summed E-state index contributed by atoms with van der Waals surface area (Å²) < 4.78 is 0. The summed E-state index contributed by atoms with van der Waals surface area (Å²) in [5.41, 5.74) is 1.42. The third kappa shape index (κ3) is 4.62. The van der Waals surface area contributed by atoms with Crippen LogP contribution in [0, 0.1) is 0 Å². The molecule has 0 aliphatic rings. The van der Waals surface area contributed by atoms with Gasteiger partial charge in [-0.1, -0.05) is 56.3 Å². The van der Waals surface area contributed by atoms with E-state index in [1.54, 1.807) is 0 Å². The average molecular weight is 270 g/mol. The number of fused-ring (bicyclic) bond motifs is 1. The molecule has 0 saturated heterocycles. The maximum Gasteiger partial charge on any atom is 0.0104 e. The van der Waals surface area contributed by atoms with Crippen molar-refractivity contribution in [1.29, 1.82) is 0 Å². The summed E-state index contributed by atoms with van der Waals surface area (Å²) in [7, 11) is 2.20. The van der Waals surface area contributed by atoms with Gasteiger partial charge in [-0.15, -0.1) is 0 Å². The molecule has 0 heterocycles. The summed E-state index contributed by atoms with van der Waals surface area (Å²) in [5, 5.41) is 6.12. The topological polar surface area (TPSA) is 15.3 Å². The zero-order valence-electron chi connectivity index (χ0n) is 12.9. The van der Waals surface area contributed by atoms with Crippen LogP contribution in [0.4, 0.5) is 0 Å². The minimum absolute atomic E-state index is 0.573. The minimum Gasteiger partial charge on any atom is -0.313 e. The number of likely N-dealkylation sites (N-methyl/N-ethyl adjacent to an activating group) is 1. The monoisotopic (exact) mass is 270 g/mol. The molecule has 2 rings (SSSR count). The van der Waals surface area contributed by atoms with E-state index in [0.29, 0.717) is 6.04 Å². The molecule has 0 unspecified atom stereocenters. The molecule has 0 spiro atoms. The second kappa shape index (κ2) is 7.41. The lowest BCUT2D eigenvalue weighted by Crippen LogP contribution is -2.33. The molecule has 0 aliphatic heterocycles. The molecule has 0 radical (unpaired) electrons. The van der Waals surface area contributed by atoms with E-state index in [-0.39, 0.29) is 0 Å². The fourth-order valence-corrected chi connectivity index (χ4v) is 2.37. The van der Waals surface area contributed by atoms with E-state index < -0.39 is 0 Å². The third-order valence-corrected chi connectivity index (χ3v) is 3.64. The molecule has 1 N–H and O–H groups in total. The molecule has 0 aliphatic carbocycles. The summed E-state index contributed by atoms with van der Waals surface area (Å²) in [6.07, 6.45) is 1.11. The van der Waals surface area contributed by atoms with Gasteiger partial charge in [0.2, 0.25) is 0 Å². The highest BCUT2D eigenvalue weighted by atomic mass is 15.1. The van der Waals surface area contributed by atoms with Crippen molar-refractivity contribution in [2.45, 2.75) is 26.3 Å². The fraction of sp³-hybridized carbons (Fsp3) is 0.444. The van der Waals surface area contributed by atoms with Crippen LogP contribution in [0.5, 0.6) is 0 Å². The molecule has 2 nitrogen and oxygen atoms in total. The van der Waals surface area contributed by atoms with Crippen LogP contribution in [-0.2, 0) is 6.42 Å². The van der Waals surface area contributed by atoms with Gasteiger partial charge in [0, 0.05) is 25.7 Å². The normalized spacial score (nSPS) is 11.7. The maximum atomic E-state index is 3.46. The molecule has 20 heavy (non-hydrogen) atoms. The predicted molar refractivity (Wildman–Crippen MR) is 88.3 cm³/mol. The number of rotatable bonds is 7. The Kier molecular flexibility index (Phi) is 5.57. The molecule has 108 valence electrons. The van der Waals surface area contributed by atoms with Gasteiger partial charge < -0.3 is 10.2 Å². The fourth-order valence-electron chi connectivity index (χ4n) is 2.37. The minimum atomic E-state index is 0.573. The van der Waals surface area contributed by atoms with E-state index in [1.807, 2.05) is 0 Å². The summed E-state index contributed by atoms with van der Waals surface area (Å²) in [6, 6.07) is 15.9. The Morgan fingerprint density at radius 2 is 1.75 bits per heavy atom. The molecular formula is C18H26N2. The third-order valence-electron chi connectivity index (χ3n) is 3.64. The number of nitrogens with zero attached hydrogens (tertiary/aromatic N) is 1. The molecule has 2 aromatic rings. The largest absolute Gasteiger partial charge is 0.313 e. The van der Waals surface area contributed by atoms with E-state index in [0.717, 1.165) is 26.1 Å². The van der Waals surface area contributed by atoms with Crippen molar-refractivity contribution in [1.82, 2.24) is 10.2 Å². The molecule has 0 aromatic heterocycles. The Balaban J connectivity index is 1.83. The highest BCUT2D eigenvalue weighted by molar-refractivity contribution is 5.82. The van der Waals surface area contributed by atoms with Crippen molar-refractivity contribution in [3.05, 3.63) is 48.0 Å². The number of hydrogen-bond acceptors (Lipinski definition) is 2. The van der Waals surface area contributed by atoms with E-state index >= 15 is 0 Å². The number of benzene rings is 2.